The number of rotatable bonds is 6. The zero-order valence-corrected chi connectivity index (χ0v) is 17.9. The minimum absolute atomic E-state index is 0.0144. The number of nitro benzene ring substituents is 2. The van der Waals surface area contributed by atoms with Crippen molar-refractivity contribution in [2.45, 2.75) is 15.0 Å². The first-order valence-corrected chi connectivity index (χ1v) is 11.2. The Bertz CT molecular complexity index is 1190. The highest BCUT2D eigenvalue weighted by atomic mass is 32.2. The molecule has 2 heterocycles. The van der Waals surface area contributed by atoms with Crippen LogP contribution in [0, 0.1) is 20.2 Å². The molecule has 1 aliphatic rings. The Labute approximate surface area is 187 Å². The van der Waals surface area contributed by atoms with E-state index in [2.05, 4.69) is 20.7 Å². The lowest BCUT2D eigenvalue weighted by Crippen LogP contribution is -2.33. The molecule has 0 saturated carbocycles. The lowest BCUT2D eigenvalue weighted by Gasteiger charge is -2.28. The molecule has 0 bridgehead atoms. The third-order valence-corrected chi connectivity index (χ3v) is 7.70. The van der Waals surface area contributed by atoms with Crippen LogP contribution in [0.4, 0.5) is 11.4 Å². The minimum atomic E-state index is -0.462. The van der Waals surface area contributed by atoms with Crippen molar-refractivity contribution < 1.29 is 9.85 Å². The Morgan fingerprint density at radius 3 is 2.48 bits per heavy atom. The van der Waals surface area contributed by atoms with E-state index in [1.165, 1.54) is 59.1 Å². The summed E-state index contributed by atoms with van der Waals surface area (Å²) in [5.41, 5.74) is 10.1. The van der Waals surface area contributed by atoms with E-state index in [0.29, 0.717) is 25.6 Å². The quantitative estimate of drug-likeness (QED) is 0.396. The van der Waals surface area contributed by atoms with Crippen LogP contribution in [0.15, 0.2) is 58.0 Å². The second-order valence-corrected chi connectivity index (χ2v) is 10.0. The van der Waals surface area contributed by atoms with Crippen LogP contribution in [0.2, 0.25) is 0 Å². The number of nitrogens with one attached hydrogen (secondary N) is 1. The van der Waals surface area contributed by atoms with Crippen LogP contribution < -0.4 is 11.2 Å². The summed E-state index contributed by atoms with van der Waals surface area (Å²) in [5.74, 6) is 0. The Morgan fingerprint density at radius 2 is 1.74 bits per heavy atom. The summed E-state index contributed by atoms with van der Waals surface area (Å²) in [7, 11) is 0. The average molecular weight is 476 g/mol. The molecule has 31 heavy (non-hydrogen) atoms. The minimum Gasteiger partial charge on any atom is -0.377 e. The number of thioether (sulfide) groups is 2. The fraction of sp³-hybridized carbons (Fsp3) is 0.118. The number of nitrogens with zero attached hydrogens (tertiary/aromatic N) is 5. The van der Waals surface area contributed by atoms with Gasteiger partial charge in [0.15, 0.2) is 9.51 Å². The molecule has 11 nitrogen and oxygen atoms in total. The zero-order chi connectivity index (χ0) is 22.0. The molecule has 0 radical (unpaired) electrons. The number of hydrogen-bond donors (Lipinski definition) is 2. The van der Waals surface area contributed by atoms with Gasteiger partial charge >= 0.3 is 0 Å². The topological polar surface area (TPSA) is 162 Å². The maximum Gasteiger partial charge on any atom is 0.270 e. The first-order valence-electron chi connectivity index (χ1n) is 8.65. The predicted molar refractivity (Wildman–Crippen MR) is 120 cm³/mol. The fourth-order valence-electron chi connectivity index (χ4n) is 2.79. The molecular formula is C17H13N7O4S3. The second kappa shape index (κ2) is 8.87. The lowest BCUT2D eigenvalue weighted by molar-refractivity contribution is -0.385. The number of nitro groups is 2. The molecule has 3 aromatic rings. The Hall–Kier alpha value is -3.23. The number of nitrogens with two attached hydrogens (primary N) is 1. The van der Waals surface area contributed by atoms with Crippen molar-refractivity contribution in [1.29, 1.82) is 0 Å². The summed E-state index contributed by atoms with van der Waals surface area (Å²) in [6, 6.07) is 12.2. The average Bonchev–Trinajstić information content (AvgIpc) is 3.22. The smallest absolute Gasteiger partial charge is 0.270 e. The van der Waals surface area contributed by atoms with Gasteiger partial charge in [-0.1, -0.05) is 59.1 Å². The van der Waals surface area contributed by atoms with E-state index in [4.69, 9.17) is 5.73 Å². The number of non-ortho nitro benzene ring substituents is 2. The lowest BCUT2D eigenvalue weighted by atomic mass is 10.1. The standard InChI is InChI=1S/C17H13N7O4S3/c18-16-21-19-13(9-3-1-5-11(7-9)23(25)26)15(30-16)31-17-22-20-14(29-17)10-4-2-6-12(8-10)24(27)28/h1-8,13,15,19H,(H2,18,21)/t13-,15+/m0/s1. The largest absolute Gasteiger partial charge is 0.377 e. The van der Waals surface area contributed by atoms with Crippen LogP contribution in [0.25, 0.3) is 10.6 Å². The van der Waals surface area contributed by atoms with Crippen molar-refractivity contribution in [3.63, 3.8) is 0 Å². The molecular weight excluding hydrogens is 462 g/mol. The maximum atomic E-state index is 11.1. The second-order valence-electron chi connectivity index (χ2n) is 6.19. The third kappa shape index (κ3) is 4.76. The van der Waals surface area contributed by atoms with Gasteiger partial charge in [0.05, 0.1) is 20.5 Å². The molecule has 0 unspecified atom stereocenters. The van der Waals surface area contributed by atoms with Gasteiger partial charge in [-0.05, 0) is 5.56 Å². The van der Waals surface area contributed by atoms with Gasteiger partial charge in [0, 0.05) is 29.8 Å². The molecule has 1 aliphatic heterocycles. The number of hydrazone groups is 1. The number of aromatic nitrogens is 2. The highest BCUT2D eigenvalue weighted by Gasteiger charge is 2.31. The molecule has 0 spiro atoms. The van der Waals surface area contributed by atoms with Gasteiger partial charge in [0.1, 0.15) is 5.01 Å². The summed E-state index contributed by atoms with van der Waals surface area (Å²) in [6.45, 7) is 0. The molecule has 4 rings (SSSR count). The summed E-state index contributed by atoms with van der Waals surface area (Å²) < 4.78 is 0.413. The molecule has 14 heteroatoms. The van der Waals surface area contributed by atoms with Gasteiger partial charge in [0.25, 0.3) is 11.4 Å². The van der Waals surface area contributed by atoms with Gasteiger partial charge in [-0.25, -0.2) is 0 Å². The Morgan fingerprint density at radius 1 is 1.03 bits per heavy atom. The highest BCUT2D eigenvalue weighted by molar-refractivity contribution is 8.25. The zero-order valence-electron chi connectivity index (χ0n) is 15.4. The predicted octanol–water partition coefficient (Wildman–Crippen LogP) is 3.75. The van der Waals surface area contributed by atoms with E-state index in [-0.39, 0.29) is 22.0 Å². The molecule has 3 N–H and O–H groups in total. The first kappa shape index (κ1) is 21.0. The van der Waals surface area contributed by atoms with Gasteiger partial charge in [-0.2, -0.15) is 5.10 Å². The van der Waals surface area contributed by atoms with Crippen LogP contribution >= 0.6 is 34.9 Å². The first-order chi connectivity index (χ1) is 14.9. The molecule has 1 aromatic heterocycles. The Balaban J connectivity index is 1.58. The summed E-state index contributed by atoms with van der Waals surface area (Å²) >= 11 is 4.00. The molecule has 0 aliphatic carbocycles. The van der Waals surface area contributed by atoms with E-state index in [0.717, 1.165) is 0 Å². The van der Waals surface area contributed by atoms with Crippen LogP contribution in [0.3, 0.4) is 0 Å². The van der Waals surface area contributed by atoms with Crippen molar-refractivity contribution in [1.82, 2.24) is 15.6 Å². The molecule has 2 atom stereocenters. The van der Waals surface area contributed by atoms with Gasteiger partial charge < -0.3 is 5.73 Å². The van der Waals surface area contributed by atoms with Crippen LogP contribution in [-0.4, -0.2) is 29.8 Å². The number of hydrogen-bond acceptors (Lipinski definition) is 12. The highest BCUT2D eigenvalue weighted by Crippen LogP contribution is 2.43. The van der Waals surface area contributed by atoms with E-state index in [1.807, 2.05) is 0 Å². The fourth-order valence-corrected chi connectivity index (χ4v) is 6.39. The van der Waals surface area contributed by atoms with Crippen LogP contribution in [-0.2, 0) is 0 Å². The van der Waals surface area contributed by atoms with E-state index in [1.54, 1.807) is 24.3 Å². The molecule has 0 fully saturated rings. The van der Waals surface area contributed by atoms with Crippen molar-refractivity contribution in [3.05, 3.63) is 74.3 Å². The van der Waals surface area contributed by atoms with Crippen molar-refractivity contribution in [2.24, 2.45) is 10.8 Å². The van der Waals surface area contributed by atoms with Crippen LogP contribution in [0.5, 0.6) is 0 Å². The van der Waals surface area contributed by atoms with Gasteiger partial charge in [-0.15, -0.1) is 10.2 Å². The summed E-state index contributed by atoms with van der Waals surface area (Å²) in [5, 5.41) is 35.4. The third-order valence-electron chi connectivity index (χ3n) is 4.19. The van der Waals surface area contributed by atoms with E-state index in [9.17, 15) is 20.2 Å². The molecule has 2 aromatic carbocycles. The monoisotopic (exact) mass is 475 g/mol. The molecule has 158 valence electrons. The molecule has 0 amide bonds. The van der Waals surface area contributed by atoms with Crippen molar-refractivity contribution >= 4 is 51.4 Å². The Kier molecular flexibility index (Phi) is 6.01. The van der Waals surface area contributed by atoms with E-state index < -0.39 is 9.85 Å². The summed E-state index contributed by atoms with van der Waals surface area (Å²) in [6.07, 6.45) is 0. The SMILES string of the molecule is NC1=NN[C@@H](c2cccc([N+](=O)[O-])c2)[C@@H](Sc2nnc(-c3cccc([N+](=O)[O-])c3)s2)S1. The maximum absolute atomic E-state index is 11.1. The van der Waals surface area contributed by atoms with Crippen molar-refractivity contribution in [3.8, 4) is 10.6 Å². The van der Waals surface area contributed by atoms with Crippen LogP contribution in [0.1, 0.15) is 11.6 Å². The number of benzene rings is 2. The summed E-state index contributed by atoms with van der Waals surface area (Å²) in [4.78, 5) is 21.2. The normalized spacial score (nSPS) is 18.1. The van der Waals surface area contributed by atoms with Crippen molar-refractivity contribution in [2.75, 3.05) is 0 Å². The van der Waals surface area contributed by atoms with E-state index >= 15 is 0 Å². The van der Waals surface area contributed by atoms with Gasteiger partial charge in [0.2, 0.25) is 0 Å². The van der Waals surface area contributed by atoms with Gasteiger partial charge in [-0.3, -0.25) is 25.7 Å². The number of amidine groups is 1. The molecule has 0 saturated heterocycles.